The molecule has 0 unspecified atom stereocenters. The van der Waals surface area contributed by atoms with E-state index in [-0.39, 0.29) is 17.9 Å². The van der Waals surface area contributed by atoms with Crippen molar-refractivity contribution in [3.63, 3.8) is 0 Å². The number of aliphatic hydroxyl groups excluding tert-OH is 1. The lowest BCUT2D eigenvalue weighted by molar-refractivity contribution is 0.0670. The number of carbonyl (C=O) groups excluding carboxylic acids is 1. The second kappa shape index (κ2) is 7.58. The maximum Gasteiger partial charge on any atom is 0.280 e. The number of thiazole rings is 1. The van der Waals surface area contributed by atoms with Gasteiger partial charge in [0.15, 0.2) is 5.01 Å². The minimum absolute atomic E-state index is 0.108. The Hall–Kier alpha value is -2.58. The van der Waals surface area contributed by atoms with Gasteiger partial charge in [-0.1, -0.05) is 18.2 Å². The van der Waals surface area contributed by atoms with E-state index in [2.05, 4.69) is 20.4 Å². The van der Waals surface area contributed by atoms with Gasteiger partial charge in [-0.15, -0.1) is 11.3 Å². The third-order valence-corrected chi connectivity index (χ3v) is 5.63. The Labute approximate surface area is 161 Å². The van der Waals surface area contributed by atoms with Crippen LogP contribution in [0.25, 0.3) is 5.69 Å². The number of aliphatic hydroxyl groups is 1. The first-order chi connectivity index (χ1) is 13.1. The van der Waals surface area contributed by atoms with Crippen molar-refractivity contribution in [1.82, 2.24) is 25.1 Å². The summed E-state index contributed by atoms with van der Waals surface area (Å²) in [4.78, 5) is 21.0. The van der Waals surface area contributed by atoms with Crippen LogP contribution < -0.4 is 5.32 Å². The molecule has 1 aromatic carbocycles. The second-order valence-electron chi connectivity index (χ2n) is 6.76. The van der Waals surface area contributed by atoms with Gasteiger partial charge in [0.1, 0.15) is 11.6 Å². The highest BCUT2D eigenvalue weighted by molar-refractivity contribution is 7.11. The molecule has 0 radical (unpaired) electrons. The van der Waals surface area contributed by atoms with Crippen LogP contribution in [-0.4, -0.2) is 42.9 Å². The summed E-state index contributed by atoms with van der Waals surface area (Å²) in [5.74, 6) is 1.45. The predicted octanol–water partition coefficient (Wildman–Crippen LogP) is 2.46. The number of aryl methyl sites for hydroxylation is 1. The summed E-state index contributed by atoms with van der Waals surface area (Å²) in [5, 5.41) is 20.1. The Morgan fingerprint density at radius 1 is 1.30 bits per heavy atom. The molecule has 1 saturated carbocycles. The first kappa shape index (κ1) is 17.8. The highest BCUT2D eigenvalue weighted by atomic mass is 32.1. The number of hydrogen-bond acceptors (Lipinski definition) is 6. The van der Waals surface area contributed by atoms with Crippen LogP contribution in [0.2, 0.25) is 0 Å². The van der Waals surface area contributed by atoms with Gasteiger partial charge in [0.25, 0.3) is 5.91 Å². The van der Waals surface area contributed by atoms with Crippen molar-refractivity contribution in [2.75, 3.05) is 0 Å². The van der Waals surface area contributed by atoms with Crippen LogP contribution in [0, 0.1) is 6.92 Å². The zero-order valence-electron chi connectivity index (χ0n) is 14.9. The monoisotopic (exact) mass is 383 g/mol. The van der Waals surface area contributed by atoms with Crippen LogP contribution in [0.5, 0.6) is 0 Å². The number of rotatable bonds is 4. The van der Waals surface area contributed by atoms with Crippen LogP contribution in [0.1, 0.15) is 46.6 Å². The Morgan fingerprint density at radius 3 is 2.85 bits per heavy atom. The fourth-order valence-corrected chi connectivity index (χ4v) is 4.10. The molecule has 2 heterocycles. The van der Waals surface area contributed by atoms with E-state index in [4.69, 9.17) is 0 Å². The van der Waals surface area contributed by atoms with E-state index in [0.29, 0.717) is 23.7 Å². The molecule has 1 fully saturated rings. The molecule has 140 valence electrons. The summed E-state index contributed by atoms with van der Waals surface area (Å²) < 4.78 is 1.87. The Morgan fingerprint density at radius 2 is 2.11 bits per heavy atom. The summed E-state index contributed by atoms with van der Waals surface area (Å²) >= 11 is 1.29. The SMILES string of the molecule is Cc1nc([C@H]2CC[C@@H](O)[C@H](NC(=O)c3nccs3)C2)n(-c2ccccc2)n1. The van der Waals surface area contributed by atoms with Crippen LogP contribution in [-0.2, 0) is 0 Å². The molecule has 0 bridgehead atoms. The molecular weight excluding hydrogens is 362 g/mol. The molecule has 2 aromatic heterocycles. The van der Waals surface area contributed by atoms with Crippen LogP contribution in [0.4, 0.5) is 0 Å². The Bertz CT molecular complexity index is 910. The molecule has 7 nitrogen and oxygen atoms in total. The first-order valence-electron chi connectivity index (χ1n) is 8.99. The van der Waals surface area contributed by atoms with Gasteiger partial charge in [-0.25, -0.2) is 14.6 Å². The number of nitrogens with one attached hydrogen (secondary N) is 1. The van der Waals surface area contributed by atoms with E-state index in [1.54, 1.807) is 11.6 Å². The number of aromatic nitrogens is 4. The zero-order chi connectivity index (χ0) is 18.8. The van der Waals surface area contributed by atoms with Gasteiger partial charge >= 0.3 is 0 Å². The zero-order valence-corrected chi connectivity index (χ0v) is 15.8. The van der Waals surface area contributed by atoms with Gasteiger partial charge in [-0.3, -0.25) is 4.79 Å². The smallest absolute Gasteiger partial charge is 0.280 e. The van der Waals surface area contributed by atoms with Crippen LogP contribution in [0.15, 0.2) is 41.9 Å². The van der Waals surface area contributed by atoms with Gasteiger partial charge in [0.05, 0.1) is 17.8 Å². The fraction of sp³-hybridized carbons (Fsp3) is 0.368. The van der Waals surface area contributed by atoms with Crippen LogP contribution >= 0.6 is 11.3 Å². The largest absolute Gasteiger partial charge is 0.391 e. The maximum absolute atomic E-state index is 12.3. The number of carbonyl (C=O) groups is 1. The molecule has 3 atom stereocenters. The van der Waals surface area contributed by atoms with Crippen molar-refractivity contribution in [2.24, 2.45) is 0 Å². The molecule has 0 saturated heterocycles. The summed E-state index contributed by atoms with van der Waals surface area (Å²) in [6.07, 6.45) is 3.05. The van der Waals surface area contributed by atoms with Gasteiger partial charge < -0.3 is 10.4 Å². The molecule has 0 aliphatic heterocycles. The molecule has 4 rings (SSSR count). The molecule has 8 heteroatoms. The van der Waals surface area contributed by atoms with Crippen molar-refractivity contribution in [3.8, 4) is 5.69 Å². The lowest BCUT2D eigenvalue weighted by Gasteiger charge is -2.33. The molecule has 27 heavy (non-hydrogen) atoms. The predicted molar refractivity (Wildman–Crippen MR) is 102 cm³/mol. The van der Waals surface area contributed by atoms with E-state index in [1.807, 2.05) is 41.9 Å². The van der Waals surface area contributed by atoms with Gasteiger partial charge in [-0.05, 0) is 38.3 Å². The van der Waals surface area contributed by atoms with E-state index >= 15 is 0 Å². The Balaban J connectivity index is 1.56. The number of amides is 1. The minimum Gasteiger partial charge on any atom is -0.391 e. The average Bonchev–Trinajstić information content (AvgIpc) is 3.34. The highest BCUT2D eigenvalue weighted by Crippen LogP contribution is 2.33. The minimum atomic E-state index is -0.570. The molecule has 1 aliphatic carbocycles. The summed E-state index contributed by atoms with van der Waals surface area (Å²) in [7, 11) is 0. The standard InChI is InChI=1S/C19H21N5O2S/c1-12-21-17(24(23-12)14-5-3-2-4-6-14)13-7-8-16(25)15(11-13)22-18(26)19-20-9-10-27-19/h2-6,9-10,13,15-16,25H,7-8,11H2,1H3,(H,22,26)/t13-,15+,16+/m0/s1. The molecule has 1 amide bonds. The molecule has 1 aliphatic rings. The maximum atomic E-state index is 12.3. The summed E-state index contributed by atoms with van der Waals surface area (Å²) in [5.41, 5.74) is 0.961. The third-order valence-electron chi connectivity index (χ3n) is 4.86. The molecular formula is C19H21N5O2S. The topological polar surface area (TPSA) is 92.9 Å². The third kappa shape index (κ3) is 3.77. The number of benzene rings is 1. The second-order valence-corrected chi connectivity index (χ2v) is 7.65. The van der Waals surface area contributed by atoms with Crippen LogP contribution in [0.3, 0.4) is 0 Å². The van der Waals surface area contributed by atoms with Crippen molar-refractivity contribution in [2.45, 2.75) is 44.2 Å². The van der Waals surface area contributed by atoms with Gasteiger partial charge in [0, 0.05) is 17.5 Å². The molecule has 3 aromatic rings. The Kier molecular flexibility index (Phi) is 5.00. The van der Waals surface area contributed by atoms with Crippen molar-refractivity contribution in [3.05, 3.63) is 58.6 Å². The van der Waals surface area contributed by atoms with Gasteiger partial charge in [0.2, 0.25) is 0 Å². The summed E-state index contributed by atoms with van der Waals surface area (Å²) in [6, 6.07) is 9.57. The van der Waals surface area contributed by atoms with Crippen molar-refractivity contribution in [1.29, 1.82) is 0 Å². The average molecular weight is 383 g/mol. The van der Waals surface area contributed by atoms with E-state index in [0.717, 1.165) is 17.9 Å². The summed E-state index contributed by atoms with van der Waals surface area (Å²) in [6.45, 7) is 1.88. The quantitative estimate of drug-likeness (QED) is 0.722. The van der Waals surface area contributed by atoms with E-state index < -0.39 is 6.10 Å². The van der Waals surface area contributed by atoms with E-state index in [9.17, 15) is 9.90 Å². The number of nitrogens with zero attached hydrogens (tertiary/aromatic N) is 4. The fourth-order valence-electron chi connectivity index (χ4n) is 3.56. The molecule has 0 spiro atoms. The highest BCUT2D eigenvalue weighted by Gasteiger charge is 2.34. The molecule has 2 N–H and O–H groups in total. The van der Waals surface area contributed by atoms with Gasteiger partial charge in [-0.2, -0.15) is 5.10 Å². The van der Waals surface area contributed by atoms with Crippen molar-refractivity contribution < 1.29 is 9.90 Å². The number of hydrogen-bond donors (Lipinski definition) is 2. The number of para-hydroxylation sites is 1. The first-order valence-corrected chi connectivity index (χ1v) is 9.87. The van der Waals surface area contributed by atoms with Crippen molar-refractivity contribution >= 4 is 17.2 Å². The normalized spacial score (nSPS) is 22.5. The lowest BCUT2D eigenvalue weighted by atomic mass is 9.83. The lowest BCUT2D eigenvalue weighted by Crippen LogP contribution is -2.46. The van der Waals surface area contributed by atoms with E-state index in [1.165, 1.54) is 11.3 Å².